The summed E-state index contributed by atoms with van der Waals surface area (Å²) >= 11 is 0. The van der Waals surface area contributed by atoms with Gasteiger partial charge in [-0.25, -0.2) is 23.5 Å². The number of hydrogen-bond donors (Lipinski definition) is 4. The second kappa shape index (κ2) is 10.5. The largest absolute Gasteiger partial charge is 0.394 e. The monoisotopic (exact) mass is 433 g/mol. The van der Waals surface area contributed by atoms with E-state index in [-0.39, 0.29) is 24.6 Å². The maximum Gasteiger partial charge on any atom is 0.319 e. The highest BCUT2D eigenvalue weighted by Crippen LogP contribution is 2.18. The minimum Gasteiger partial charge on any atom is -0.394 e. The number of hydrogen-bond acceptors (Lipinski definition) is 6. The maximum absolute atomic E-state index is 13.7. The van der Waals surface area contributed by atoms with E-state index in [1.807, 2.05) is 0 Å². The summed E-state index contributed by atoms with van der Waals surface area (Å²) in [4.78, 5) is 32.1. The van der Waals surface area contributed by atoms with Crippen molar-refractivity contribution in [3.05, 3.63) is 66.3 Å². The molecule has 1 aliphatic rings. The summed E-state index contributed by atoms with van der Waals surface area (Å²) in [6, 6.07) is 2.81. The van der Waals surface area contributed by atoms with E-state index in [1.54, 1.807) is 24.4 Å². The lowest BCUT2D eigenvalue weighted by Crippen LogP contribution is -2.50. The van der Waals surface area contributed by atoms with Crippen molar-refractivity contribution in [3.63, 3.8) is 0 Å². The molecule has 164 valence electrons. The Morgan fingerprint density at radius 1 is 1.19 bits per heavy atom. The van der Waals surface area contributed by atoms with Gasteiger partial charge in [0.05, 0.1) is 43.1 Å². The van der Waals surface area contributed by atoms with Gasteiger partial charge in [-0.15, -0.1) is 0 Å². The van der Waals surface area contributed by atoms with Crippen molar-refractivity contribution in [2.45, 2.75) is 31.2 Å². The van der Waals surface area contributed by atoms with E-state index < -0.39 is 42.5 Å². The van der Waals surface area contributed by atoms with Crippen LogP contribution in [0.15, 0.2) is 48.9 Å². The number of rotatable bonds is 7. The van der Waals surface area contributed by atoms with Crippen molar-refractivity contribution in [2.75, 3.05) is 11.9 Å². The number of halogens is 2. The maximum atomic E-state index is 13.7. The summed E-state index contributed by atoms with van der Waals surface area (Å²) in [7, 11) is 0. The molecule has 3 rings (SSSR count). The normalized spacial score (nSPS) is 20.2. The van der Waals surface area contributed by atoms with Crippen LogP contribution in [-0.4, -0.2) is 51.9 Å². The van der Waals surface area contributed by atoms with Crippen molar-refractivity contribution >= 4 is 17.6 Å². The van der Waals surface area contributed by atoms with E-state index >= 15 is 0 Å². The third-order valence-corrected chi connectivity index (χ3v) is 4.43. The topological polar surface area (TPSA) is 125 Å². The number of anilines is 1. The predicted octanol–water partition coefficient (Wildman–Crippen LogP) is 1.27. The molecule has 0 unspecified atom stereocenters. The lowest BCUT2D eigenvalue weighted by atomic mass is 10.0. The van der Waals surface area contributed by atoms with Crippen LogP contribution in [0.1, 0.15) is 12.1 Å². The number of aromatic nitrogens is 2. The molecular formula is C20H21F2N5O4. The number of aliphatic hydroxyl groups excluding tert-OH is 1. The van der Waals surface area contributed by atoms with Gasteiger partial charge in [-0.1, -0.05) is 12.2 Å². The number of amides is 3. The van der Waals surface area contributed by atoms with Crippen LogP contribution in [0.25, 0.3) is 0 Å². The minimum atomic E-state index is -0.826. The molecule has 2 aromatic rings. The first-order valence-electron chi connectivity index (χ1n) is 9.43. The van der Waals surface area contributed by atoms with Crippen molar-refractivity contribution in [1.82, 2.24) is 20.6 Å². The Kier molecular flexibility index (Phi) is 7.57. The molecule has 1 aromatic carbocycles. The Balaban J connectivity index is 1.51. The zero-order valence-electron chi connectivity index (χ0n) is 16.3. The van der Waals surface area contributed by atoms with Crippen molar-refractivity contribution in [2.24, 2.45) is 0 Å². The number of benzene rings is 1. The number of nitrogens with zero attached hydrogens (tertiary/aromatic N) is 2. The molecule has 9 nitrogen and oxygen atoms in total. The first kappa shape index (κ1) is 22.2. The molecule has 3 amide bonds. The van der Waals surface area contributed by atoms with Crippen LogP contribution < -0.4 is 16.0 Å². The van der Waals surface area contributed by atoms with Crippen LogP contribution in [-0.2, 0) is 16.1 Å². The molecule has 2 heterocycles. The van der Waals surface area contributed by atoms with E-state index in [2.05, 4.69) is 25.9 Å². The standard InChI is InChI=1S/C20H21F2N5O4/c21-12-1-3-15(22)17(7-12)27-20(30)26-16-4-2-14(31-18(16)10-28)8-19(29)24-9-13-5-6-23-11-25-13/h1-7,11,14,16,18,28H,8-10H2,(H,24,29)(H2,26,27,30)/t14-,16+,18+/m0/s1. The highest BCUT2D eigenvalue weighted by molar-refractivity contribution is 5.89. The molecule has 0 saturated carbocycles. The predicted molar refractivity (Wildman–Crippen MR) is 106 cm³/mol. The Bertz CT molecular complexity index is 944. The van der Waals surface area contributed by atoms with Crippen LogP contribution in [0.2, 0.25) is 0 Å². The van der Waals surface area contributed by atoms with Gasteiger partial charge < -0.3 is 25.8 Å². The molecule has 0 spiro atoms. The number of urea groups is 1. The van der Waals surface area contributed by atoms with Gasteiger partial charge in [-0.05, 0) is 18.2 Å². The van der Waals surface area contributed by atoms with Gasteiger partial charge in [0.25, 0.3) is 0 Å². The Labute approximate surface area is 176 Å². The molecule has 0 fully saturated rings. The van der Waals surface area contributed by atoms with Gasteiger partial charge in [-0.2, -0.15) is 0 Å². The summed E-state index contributed by atoms with van der Waals surface area (Å²) in [5.41, 5.74) is 0.332. The zero-order valence-corrected chi connectivity index (χ0v) is 16.3. The molecule has 4 N–H and O–H groups in total. The second-order valence-electron chi connectivity index (χ2n) is 6.71. The van der Waals surface area contributed by atoms with Gasteiger partial charge in [0.15, 0.2) is 0 Å². The summed E-state index contributed by atoms with van der Waals surface area (Å²) in [6.45, 7) is -0.190. The summed E-state index contributed by atoms with van der Waals surface area (Å²) in [5.74, 6) is -1.78. The molecule has 0 saturated heterocycles. The van der Waals surface area contributed by atoms with Gasteiger partial charge in [0.2, 0.25) is 5.91 Å². The van der Waals surface area contributed by atoms with Crippen LogP contribution in [0.3, 0.4) is 0 Å². The molecule has 0 bridgehead atoms. The molecule has 1 aromatic heterocycles. The van der Waals surface area contributed by atoms with Gasteiger partial charge >= 0.3 is 6.03 Å². The highest BCUT2D eigenvalue weighted by atomic mass is 19.1. The zero-order chi connectivity index (χ0) is 22.2. The smallest absolute Gasteiger partial charge is 0.319 e. The Morgan fingerprint density at radius 2 is 2.03 bits per heavy atom. The van der Waals surface area contributed by atoms with Crippen molar-refractivity contribution in [1.29, 1.82) is 0 Å². The molecule has 0 aliphatic carbocycles. The molecule has 3 atom stereocenters. The summed E-state index contributed by atoms with van der Waals surface area (Å²) < 4.78 is 32.6. The Hall–Kier alpha value is -3.44. The molecular weight excluding hydrogens is 412 g/mol. The fraction of sp³-hybridized carbons (Fsp3) is 0.300. The fourth-order valence-electron chi connectivity index (χ4n) is 2.91. The van der Waals surface area contributed by atoms with E-state index in [1.165, 1.54) is 6.33 Å². The van der Waals surface area contributed by atoms with Crippen LogP contribution in [0, 0.1) is 11.6 Å². The average Bonchev–Trinajstić information content (AvgIpc) is 2.76. The van der Waals surface area contributed by atoms with E-state index in [0.29, 0.717) is 5.69 Å². The quantitative estimate of drug-likeness (QED) is 0.488. The molecule has 0 radical (unpaired) electrons. The van der Waals surface area contributed by atoms with E-state index in [4.69, 9.17) is 4.74 Å². The van der Waals surface area contributed by atoms with Crippen molar-refractivity contribution in [3.8, 4) is 0 Å². The molecule has 31 heavy (non-hydrogen) atoms. The summed E-state index contributed by atoms with van der Waals surface area (Å²) in [6.07, 6.45) is 4.69. The lowest BCUT2D eigenvalue weighted by molar-refractivity contribution is -0.125. The van der Waals surface area contributed by atoms with Crippen LogP contribution in [0.4, 0.5) is 19.3 Å². The number of carbonyl (C=O) groups excluding carboxylic acids is 2. The van der Waals surface area contributed by atoms with Crippen LogP contribution in [0.5, 0.6) is 0 Å². The molecule has 1 aliphatic heterocycles. The number of nitrogens with one attached hydrogen (secondary N) is 3. The van der Waals surface area contributed by atoms with Crippen LogP contribution >= 0.6 is 0 Å². The first-order chi connectivity index (χ1) is 14.9. The molecule has 11 heteroatoms. The fourth-order valence-corrected chi connectivity index (χ4v) is 2.91. The number of ether oxygens (including phenoxy) is 1. The third-order valence-electron chi connectivity index (χ3n) is 4.43. The van der Waals surface area contributed by atoms with Gasteiger partial charge in [-0.3, -0.25) is 4.79 Å². The van der Waals surface area contributed by atoms with Gasteiger partial charge in [0, 0.05) is 12.3 Å². The Morgan fingerprint density at radius 3 is 2.77 bits per heavy atom. The van der Waals surface area contributed by atoms with Gasteiger partial charge in [0.1, 0.15) is 24.1 Å². The lowest BCUT2D eigenvalue weighted by Gasteiger charge is -2.31. The van der Waals surface area contributed by atoms with Crippen molar-refractivity contribution < 1.29 is 28.2 Å². The van der Waals surface area contributed by atoms with E-state index in [0.717, 1.165) is 18.2 Å². The SMILES string of the molecule is O=C(C[C@@H]1C=C[C@@H](NC(=O)Nc2cc(F)ccc2F)[C@@H](CO)O1)NCc1ccncn1. The van der Waals surface area contributed by atoms with E-state index in [9.17, 15) is 23.5 Å². The minimum absolute atomic E-state index is 0.00546. The first-order valence-corrected chi connectivity index (χ1v) is 9.43. The number of carbonyl (C=O) groups is 2. The average molecular weight is 433 g/mol. The number of aliphatic hydroxyl groups is 1. The summed E-state index contributed by atoms with van der Waals surface area (Å²) in [5, 5.41) is 17.0. The highest BCUT2D eigenvalue weighted by Gasteiger charge is 2.29. The third kappa shape index (κ3) is 6.52. The second-order valence-corrected chi connectivity index (χ2v) is 6.71.